The van der Waals surface area contributed by atoms with Gasteiger partial charge in [0.1, 0.15) is 5.82 Å². The van der Waals surface area contributed by atoms with Crippen molar-refractivity contribution in [3.63, 3.8) is 0 Å². The van der Waals surface area contributed by atoms with E-state index in [2.05, 4.69) is 35.4 Å². The van der Waals surface area contributed by atoms with Gasteiger partial charge in [-0.2, -0.15) is 20.1 Å². The van der Waals surface area contributed by atoms with E-state index >= 15 is 0 Å². The van der Waals surface area contributed by atoms with Crippen molar-refractivity contribution < 1.29 is 0 Å². The molecule has 0 aliphatic heterocycles. The maximum atomic E-state index is 5.84. The largest absolute Gasteiger partial charge is 0.368 e. The molecule has 0 bridgehead atoms. The van der Waals surface area contributed by atoms with Crippen LogP contribution in [0.5, 0.6) is 0 Å². The summed E-state index contributed by atoms with van der Waals surface area (Å²) >= 11 is 0. The molecule has 0 aliphatic carbocycles. The molecule has 3 rings (SSSR count). The van der Waals surface area contributed by atoms with Crippen molar-refractivity contribution in [1.29, 1.82) is 0 Å². The van der Waals surface area contributed by atoms with Crippen LogP contribution in [-0.4, -0.2) is 37.1 Å². The normalized spacial score (nSPS) is 11.0. The fraction of sp³-hybridized carbons (Fsp3) is 0.294. The number of hydrogen-bond donors (Lipinski definition) is 3. The van der Waals surface area contributed by atoms with E-state index in [1.807, 2.05) is 51.4 Å². The molecule has 25 heavy (non-hydrogen) atoms. The molecule has 0 aliphatic rings. The van der Waals surface area contributed by atoms with Crippen LogP contribution in [0.4, 0.5) is 17.6 Å². The summed E-state index contributed by atoms with van der Waals surface area (Å²) in [6.45, 7) is 5.33. The Labute approximate surface area is 146 Å². The minimum absolute atomic E-state index is 0.202. The lowest BCUT2D eigenvalue weighted by Crippen LogP contribution is -2.20. The average molecular weight is 338 g/mol. The number of nitrogens with one attached hydrogen (secondary N) is 2. The molecule has 4 N–H and O–H groups in total. The summed E-state index contributed by atoms with van der Waals surface area (Å²) < 4.78 is 0. The Kier molecular flexibility index (Phi) is 4.90. The summed E-state index contributed by atoms with van der Waals surface area (Å²) in [5, 5.41) is 10.2. The molecule has 0 fully saturated rings. The summed E-state index contributed by atoms with van der Waals surface area (Å²) in [5.41, 5.74) is 10.1. The maximum absolute atomic E-state index is 5.84. The van der Waals surface area contributed by atoms with E-state index in [-0.39, 0.29) is 5.95 Å². The molecule has 0 atom stereocenters. The van der Waals surface area contributed by atoms with Crippen molar-refractivity contribution in [1.82, 2.24) is 30.0 Å². The first-order valence-electron chi connectivity index (χ1n) is 8.01. The highest BCUT2D eigenvalue weighted by Gasteiger charge is 2.10. The monoisotopic (exact) mass is 338 g/mol. The van der Waals surface area contributed by atoms with Gasteiger partial charge in [-0.1, -0.05) is 12.1 Å². The van der Waals surface area contributed by atoms with Crippen LogP contribution in [0.1, 0.15) is 22.6 Å². The van der Waals surface area contributed by atoms with E-state index in [9.17, 15) is 0 Å². The third-order valence-corrected chi connectivity index (χ3v) is 3.76. The maximum Gasteiger partial charge on any atom is 0.232 e. The van der Waals surface area contributed by atoms with Crippen LogP contribution in [0.25, 0.3) is 0 Å². The number of nitrogen functional groups attached to an aromatic ring is 1. The highest BCUT2D eigenvalue weighted by Crippen LogP contribution is 2.15. The number of aryl methyl sites for hydroxylation is 2. The molecule has 0 unspecified atom stereocenters. The number of rotatable bonds is 6. The van der Waals surface area contributed by atoms with Crippen LogP contribution in [0.3, 0.4) is 0 Å². The van der Waals surface area contributed by atoms with Gasteiger partial charge >= 0.3 is 0 Å². The quantitative estimate of drug-likeness (QED) is 0.632. The Bertz CT molecular complexity index is 857. The number of benzene rings is 1. The molecule has 0 amide bonds. The lowest BCUT2D eigenvalue weighted by molar-refractivity contribution is 0.310. The second kappa shape index (κ2) is 7.27. The number of aromatic amines is 1. The lowest BCUT2D eigenvalue weighted by atomic mass is 10.2. The van der Waals surface area contributed by atoms with E-state index in [1.165, 1.54) is 0 Å². The lowest BCUT2D eigenvalue weighted by Gasteiger charge is -2.16. The first-order chi connectivity index (χ1) is 12.0. The number of H-pyrrole nitrogens is 1. The van der Waals surface area contributed by atoms with Crippen molar-refractivity contribution in [3.8, 4) is 0 Å². The summed E-state index contributed by atoms with van der Waals surface area (Å²) in [6, 6.07) is 7.99. The Morgan fingerprint density at radius 2 is 2.00 bits per heavy atom. The zero-order valence-electron chi connectivity index (χ0n) is 14.6. The Hall–Kier alpha value is -3.00. The van der Waals surface area contributed by atoms with Crippen molar-refractivity contribution in [2.45, 2.75) is 26.9 Å². The van der Waals surface area contributed by atoms with Crippen LogP contribution in [0.2, 0.25) is 0 Å². The van der Waals surface area contributed by atoms with Gasteiger partial charge in [0.25, 0.3) is 0 Å². The Morgan fingerprint density at radius 3 is 2.72 bits per heavy atom. The van der Waals surface area contributed by atoms with E-state index in [1.54, 1.807) is 0 Å². The molecule has 2 aromatic heterocycles. The standard InChI is InChI=1S/C17H22N8/c1-11-5-4-6-14(7-11)20-17-22-15(21-16(18)23-17)10-25(3)9-13-8-19-24-12(13)2/h4-8H,9-10H2,1-3H3,(H,19,24)(H3,18,20,21,22,23). The molecule has 3 aromatic rings. The highest BCUT2D eigenvalue weighted by atomic mass is 15.2. The summed E-state index contributed by atoms with van der Waals surface area (Å²) in [7, 11) is 2.00. The third kappa shape index (κ3) is 4.51. The van der Waals surface area contributed by atoms with Crippen LogP contribution >= 0.6 is 0 Å². The topological polar surface area (TPSA) is 109 Å². The summed E-state index contributed by atoms with van der Waals surface area (Å²) in [5.74, 6) is 1.26. The molecule has 8 heteroatoms. The van der Waals surface area contributed by atoms with Gasteiger partial charge in [-0.3, -0.25) is 10.00 Å². The van der Waals surface area contributed by atoms with Crippen LogP contribution in [-0.2, 0) is 13.1 Å². The molecule has 130 valence electrons. The van der Waals surface area contributed by atoms with Crippen molar-refractivity contribution in [2.24, 2.45) is 0 Å². The number of anilines is 3. The second-order valence-electron chi connectivity index (χ2n) is 6.12. The Balaban J connectivity index is 1.71. The SMILES string of the molecule is Cc1cccc(Nc2nc(N)nc(CN(C)Cc3cn[nH]c3C)n2)c1. The Morgan fingerprint density at radius 1 is 1.16 bits per heavy atom. The number of aromatic nitrogens is 5. The molecular weight excluding hydrogens is 316 g/mol. The minimum Gasteiger partial charge on any atom is -0.368 e. The minimum atomic E-state index is 0.202. The van der Waals surface area contributed by atoms with Gasteiger partial charge in [-0.25, -0.2) is 0 Å². The van der Waals surface area contributed by atoms with E-state index in [0.29, 0.717) is 18.3 Å². The van der Waals surface area contributed by atoms with E-state index in [0.717, 1.165) is 29.1 Å². The van der Waals surface area contributed by atoms with Gasteiger partial charge in [0, 0.05) is 23.5 Å². The van der Waals surface area contributed by atoms with E-state index in [4.69, 9.17) is 5.73 Å². The molecule has 8 nitrogen and oxygen atoms in total. The van der Waals surface area contributed by atoms with Crippen LogP contribution in [0, 0.1) is 13.8 Å². The smallest absolute Gasteiger partial charge is 0.232 e. The average Bonchev–Trinajstić information content (AvgIpc) is 2.91. The van der Waals surface area contributed by atoms with Gasteiger partial charge in [0.05, 0.1) is 12.7 Å². The van der Waals surface area contributed by atoms with Gasteiger partial charge in [0.2, 0.25) is 11.9 Å². The van der Waals surface area contributed by atoms with Gasteiger partial charge in [0.15, 0.2) is 0 Å². The first kappa shape index (κ1) is 16.8. The third-order valence-electron chi connectivity index (χ3n) is 3.76. The van der Waals surface area contributed by atoms with Gasteiger partial charge < -0.3 is 11.1 Å². The molecular formula is C17H22N8. The number of nitrogens with zero attached hydrogens (tertiary/aromatic N) is 5. The number of hydrogen-bond acceptors (Lipinski definition) is 7. The van der Waals surface area contributed by atoms with Gasteiger partial charge in [-0.15, -0.1) is 0 Å². The molecule has 0 saturated carbocycles. The molecule has 0 saturated heterocycles. The van der Waals surface area contributed by atoms with Crippen molar-refractivity contribution in [3.05, 3.63) is 53.1 Å². The predicted octanol–water partition coefficient (Wildman–Crippen LogP) is 2.17. The zero-order chi connectivity index (χ0) is 17.8. The summed E-state index contributed by atoms with van der Waals surface area (Å²) in [4.78, 5) is 15.0. The fourth-order valence-electron chi connectivity index (χ4n) is 2.54. The molecule has 2 heterocycles. The zero-order valence-corrected chi connectivity index (χ0v) is 14.6. The molecule has 0 spiro atoms. The second-order valence-corrected chi connectivity index (χ2v) is 6.12. The van der Waals surface area contributed by atoms with Crippen LogP contribution in [0.15, 0.2) is 30.5 Å². The highest BCUT2D eigenvalue weighted by molar-refractivity contribution is 5.54. The predicted molar refractivity (Wildman–Crippen MR) is 97.2 cm³/mol. The first-order valence-corrected chi connectivity index (χ1v) is 8.01. The van der Waals surface area contributed by atoms with Crippen LogP contribution < -0.4 is 11.1 Å². The molecule has 1 aromatic carbocycles. The molecule has 0 radical (unpaired) electrons. The van der Waals surface area contributed by atoms with Crippen molar-refractivity contribution in [2.75, 3.05) is 18.1 Å². The van der Waals surface area contributed by atoms with Gasteiger partial charge in [-0.05, 0) is 38.6 Å². The fourth-order valence-corrected chi connectivity index (χ4v) is 2.54. The van der Waals surface area contributed by atoms with E-state index < -0.39 is 0 Å². The summed E-state index contributed by atoms with van der Waals surface area (Å²) in [6.07, 6.45) is 1.83. The van der Waals surface area contributed by atoms with Crippen molar-refractivity contribution >= 4 is 17.6 Å². The number of nitrogens with two attached hydrogens (primary N) is 1.